The molecule has 1 unspecified atom stereocenters. The van der Waals surface area contributed by atoms with Crippen LogP contribution in [0.2, 0.25) is 0 Å². The minimum Gasteiger partial charge on any atom is -0.497 e. The fraction of sp³-hybridized carbons (Fsp3) is 0.767. The zero-order valence-corrected chi connectivity index (χ0v) is 22.4. The first-order valence-electron chi connectivity index (χ1n) is 14.1. The molecule has 1 aromatic rings. The van der Waals surface area contributed by atoms with E-state index in [0.29, 0.717) is 12.2 Å². The van der Waals surface area contributed by atoms with Gasteiger partial charge in [-0.3, -0.25) is 4.79 Å². The fourth-order valence-electron chi connectivity index (χ4n) is 5.19. The van der Waals surface area contributed by atoms with Crippen LogP contribution in [-0.2, 0) is 11.2 Å². The van der Waals surface area contributed by atoms with Gasteiger partial charge in [-0.15, -0.1) is 0 Å². The van der Waals surface area contributed by atoms with Crippen molar-refractivity contribution in [1.82, 2.24) is 4.90 Å². The SMILES string of the molecule is CCCCCCCCCCCCCC(CN1CCCCC1)C(=O)Cc1ccc(OC)cc1OC. The first-order valence-corrected chi connectivity index (χ1v) is 14.1. The number of carbonyl (C=O) groups excluding carboxylic acids is 1. The number of piperidine rings is 1. The van der Waals surface area contributed by atoms with E-state index in [2.05, 4.69) is 11.8 Å². The molecule has 4 heteroatoms. The van der Waals surface area contributed by atoms with E-state index >= 15 is 0 Å². The number of methoxy groups -OCH3 is 2. The third-order valence-electron chi connectivity index (χ3n) is 7.40. The molecular weight excluding hydrogens is 422 g/mol. The van der Waals surface area contributed by atoms with Gasteiger partial charge in [0.15, 0.2) is 0 Å². The van der Waals surface area contributed by atoms with Crippen LogP contribution in [0.25, 0.3) is 0 Å². The minimum atomic E-state index is 0.128. The van der Waals surface area contributed by atoms with Crippen LogP contribution in [0.3, 0.4) is 0 Å². The van der Waals surface area contributed by atoms with Gasteiger partial charge in [0.25, 0.3) is 0 Å². The highest BCUT2D eigenvalue weighted by atomic mass is 16.5. The molecular formula is C30H51NO3. The number of Topliss-reactive ketones (excluding diaryl/α,β-unsaturated/α-hetero) is 1. The van der Waals surface area contributed by atoms with E-state index in [4.69, 9.17) is 9.47 Å². The first kappa shape index (κ1) is 28.7. The standard InChI is InChI=1S/C30H51NO3/c1-4-5-6-7-8-9-10-11-12-13-15-18-27(25-31-21-16-14-17-22-31)29(32)23-26-19-20-28(33-2)24-30(26)34-3/h19-20,24,27H,4-18,21-23,25H2,1-3H3. The summed E-state index contributed by atoms with van der Waals surface area (Å²) in [7, 11) is 3.32. The van der Waals surface area contributed by atoms with Crippen LogP contribution >= 0.6 is 0 Å². The Kier molecular flexibility index (Phi) is 15.0. The second-order valence-corrected chi connectivity index (χ2v) is 10.2. The Morgan fingerprint density at radius 1 is 0.853 bits per heavy atom. The van der Waals surface area contributed by atoms with Crippen molar-refractivity contribution in [3.05, 3.63) is 23.8 Å². The van der Waals surface area contributed by atoms with E-state index in [0.717, 1.165) is 43.1 Å². The summed E-state index contributed by atoms with van der Waals surface area (Å²) < 4.78 is 10.9. The largest absolute Gasteiger partial charge is 0.497 e. The molecule has 34 heavy (non-hydrogen) atoms. The van der Waals surface area contributed by atoms with Crippen molar-refractivity contribution in [2.75, 3.05) is 33.9 Å². The van der Waals surface area contributed by atoms with Gasteiger partial charge < -0.3 is 14.4 Å². The third-order valence-corrected chi connectivity index (χ3v) is 7.40. The Bertz CT molecular complexity index is 669. The maximum atomic E-state index is 13.4. The summed E-state index contributed by atoms with van der Waals surface area (Å²) in [6.07, 6.45) is 20.1. The van der Waals surface area contributed by atoms with Gasteiger partial charge in [-0.2, -0.15) is 0 Å². The molecule has 1 aromatic carbocycles. The monoisotopic (exact) mass is 473 g/mol. The molecule has 1 aliphatic rings. The molecule has 0 saturated carbocycles. The van der Waals surface area contributed by atoms with Crippen molar-refractivity contribution < 1.29 is 14.3 Å². The van der Waals surface area contributed by atoms with Crippen LogP contribution in [0.5, 0.6) is 11.5 Å². The molecule has 0 amide bonds. The Morgan fingerprint density at radius 3 is 2.06 bits per heavy atom. The maximum Gasteiger partial charge on any atom is 0.141 e. The van der Waals surface area contributed by atoms with E-state index < -0.39 is 0 Å². The molecule has 0 aromatic heterocycles. The summed E-state index contributed by atoms with van der Waals surface area (Å²) in [5.41, 5.74) is 0.968. The fourth-order valence-corrected chi connectivity index (χ4v) is 5.19. The topological polar surface area (TPSA) is 38.8 Å². The molecule has 0 aliphatic carbocycles. The minimum absolute atomic E-state index is 0.128. The van der Waals surface area contributed by atoms with Crippen LogP contribution in [0.15, 0.2) is 18.2 Å². The van der Waals surface area contributed by atoms with Crippen molar-refractivity contribution in [2.24, 2.45) is 5.92 Å². The summed E-state index contributed by atoms with van der Waals surface area (Å²) in [4.78, 5) is 15.9. The number of nitrogens with zero attached hydrogens (tertiary/aromatic N) is 1. The van der Waals surface area contributed by atoms with E-state index in [1.165, 1.54) is 89.9 Å². The number of hydrogen-bond acceptors (Lipinski definition) is 4. The Balaban J connectivity index is 1.79. The molecule has 1 heterocycles. The molecule has 0 N–H and O–H groups in total. The van der Waals surface area contributed by atoms with Crippen LogP contribution in [-0.4, -0.2) is 44.5 Å². The summed E-state index contributed by atoms with van der Waals surface area (Å²) >= 11 is 0. The normalized spacial score (nSPS) is 15.3. The number of rotatable bonds is 19. The first-order chi connectivity index (χ1) is 16.7. The number of unbranched alkanes of at least 4 members (excludes halogenated alkanes) is 10. The summed E-state index contributed by atoms with van der Waals surface area (Å²) in [6.45, 7) is 5.50. The van der Waals surface area contributed by atoms with Crippen LogP contribution in [0.4, 0.5) is 0 Å². The smallest absolute Gasteiger partial charge is 0.141 e. The molecule has 194 valence electrons. The number of benzene rings is 1. The van der Waals surface area contributed by atoms with Gasteiger partial charge in [0.1, 0.15) is 17.3 Å². The lowest BCUT2D eigenvalue weighted by Gasteiger charge is -2.30. The molecule has 1 atom stereocenters. The highest BCUT2D eigenvalue weighted by Crippen LogP contribution is 2.27. The molecule has 1 saturated heterocycles. The Labute approximate surface area is 209 Å². The third kappa shape index (κ3) is 11.3. The molecule has 0 radical (unpaired) electrons. The molecule has 2 rings (SSSR count). The van der Waals surface area contributed by atoms with Crippen molar-refractivity contribution >= 4 is 5.78 Å². The van der Waals surface area contributed by atoms with Gasteiger partial charge in [-0.1, -0.05) is 90.0 Å². The highest BCUT2D eigenvalue weighted by molar-refractivity contribution is 5.84. The van der Waals surface area contributed by atoms with Gasteiger partial charge in [0.2, 0.25) is 0 Å². The van der Waals surface area contributed by atoms with Crippen LogP contribution < -0.4 is 9.47 Å². The second kappa shape index (κ2) is 17.8. The van der Waals surface area contributed by atoms with Crippen molar-refractivity contribution in [1.29, 1.82) is 0 Å². The van der Waals surface area contributed by atoms with E-state index in [-0.39, 0.29) is 5.92 Å². The molecule has 1 aliphatic heterocycles. The quantitative estimate of drug-likeness (QED) is 0.194. The van der Waals surface area contributed by atoms with Crippen LogP contribution in [0.1, 0.15) is 109 Å². The number of likely N-dealkylation sites (tertiary alicyclic amines) is 1. The molecule has 1 fully saturated rings. The van der Waals surface area contributed by atoms with Crippen molar-refractivity contribution in [3.8, 4) is 11.5 Å². The average molecular weight is 474 g/mol. The summed E-state index contributed by atoms with van der Waals surface area (Å²) in [5, 5.41) is 0. The zero-order valence-electron chi connectivity index (χ0n) is 22.4. The Morgan fingerprint density at radius 2 is 1.47 bits per heavy atom. The lowest BCUT2D eigenvalue weighted by atomic mass is 9.91. The summed E-state index contributed by atoms with van der Waals surface area (Å²) in [5.74, 6) is 2.00. The predicted molar refractivity (Wildman–Crippen MR) is 143 cm³/mol. The van der Waals surface area contributed by atoms with Crippen molar-refractivity contribution in [2.45, 2.75) is 110 Å². The average Bonchev–Trinajstić information content (AvgIpc) is 2.87. The van der Waals surface area contributed by atoms with E-state index in [9.17, 15) is 4.79 Å². The number of hydrogen-bond donors (Lipinski definition) is 0. The lowest BCUT2D eigenvalue weighted by molar-refractivity contribution is -0.123. The van der Waals surface area contributed by atoms with Gasteiger partial charge in [-0.25, -0.2) is 0 Å². The Hall–Kier alpha value is -1.55. The second-order valence-electron chi connectivity index (χ2n) is 10.2. The van der Waals surface area contributed by atoms with Gasteiger partial charge in [0.05, 0.1) is 14.2 Å². The number of carbonyl (C=O) groups is 1. The van der Waals surface area contributed by atoms with Gasteiger partial charge in [-0.05, 0) is 38.4 Å². The lowest BCUT2D eigenvalue weighted by Crippen LogP contribution is -2.37. The number of ether oxygens (including phenoxy) is 2. The maximum absolute atomic E-state index is 13.4. The van der Waals surface area contributed by atoms with E-state index in [1.54, 1.807) is 14.2 Å². The number of ketones is 1. The zero-order chi connectivity index (χ0) is 24.4. The molecule has 0 bridgehead atoms. The van der Waals surface area contributed by atoms with Crippen molar-refractivity contribution in [3.63, 3.8) is 0 Å². The predicted octanol–water partition coefficient (Wildman–Crippen LogP) is 7.62. The summed E-state index contributed by atoms with van der Waals surface area (Å²) in [6, 6.07) is 5.79. The highest BCUT2D eigenvalue weighted by Gasteiger charge is 2.23. The molecule has 4 nitrogen and oxygen atoms in total. The van der Waals surface area contributed by atoms with Gasteiger partial charge >= 0.3 is 0 Å². The van der Waals surface area contributed by atoms with Gasteiger partial charge in [0, 0.05) is 30.5 Å². The van der Waals surface area contributed by atoms with E-state index in [1.807, 2.05) is 18.2 Å². The molecule has 0 spiro atoms. The van der Waals surface area contributed by atoms with Crippen LogP contribution in [0, 0.1) is 5.92 Å².